The number of carbonyl (C=O) groups is 1. The monoisotopic (exact) mass is 256 g/mol. The van der Waals surface area contributed by atoms with E-state index in [2.05, 4.69) is 10.0 Å². The molecule has 94 valence electrons. The Morgan fingerprint density at radius 2 is 1.94 bits per heavy atom. The van der Waals surface area contributed by atoms with Gasteiger partial charge >= 0.3 is 0 Å². The molecule has 6 heteroatoms. The van der Waals surface area contributed by atoms with E-state index in [1.165, 1.54) is 19.2 Å². The highest BCUT2D eigenvalue weighted by molar-refractivity contribution is 7.89. The quantitative estimate of drug-likeness (QED) is 0.834. The van der Waals surface area contributed by atoms with Gasteiger partial charge in [-0.2, -0.15) is 0 Å². The molecular formula is C11H16N2O3S. The zero-order valence-electron chi connectivity index (χ0n) is 10.0. The summed E-state index contributed by atoms with van der Waals surface area (Å²) in [4.78, 5) is 11.5. The lowest BCUT2D eigenvalue weighted by molar-refractivity contribution is 0.0963. The van der Waals surface area contributed by atoms with Crippen molar-refractivity contribution in [2.24, 2.45) is 0 Å². The molecule has 0 spiro atoms. The highest BCUT2D eigenvalue weighted by Crippen LogP contribution is 2.11. The molecule has 0 fully saturated rings. The summed E-state index contributed by atoms with van der Waals surface area (Å²) in [6, 6.07) is 5.72. The highest BCUT2D eigenvalue weighted by atomic mass is 32.2. The fraction of sp³-hybridized carbons (Fsp3) is 0.364. The Hall–Kier alpha value is -1.40. The Morgan fingerprint density at radius 1 is 1.29 bits per heavy atom. The Labute approximate surface area is 101 Å². The second-order valence-electron chi connectivity index (χ2n) is 3.88. The Kier molecular flexibility index (Phi) is 4.25. The first-order valence-electron chi connectivity index (χ1n) is 5.21. The van der Waals surface area contributed by atoms with E-state index in [0.717, 1.165) is 0 Å². The van der Waals surface area contributed by atoms with Gasteiger partial charge in [-0.05, 0) is 32.0 Å². The van der Waals surface area contributed by atoms with Crippen molar-refractivity contribution in [3.8, 4) is 0 Å². The van der Waals surface area contributed by atoms with Gasteiger partial charge in [-0.15, -0.1) is 0 Å². The number of hydrogen-bond donors (Lipinski definition) is 2. The molecule has 17 heavy (non-hydrogen) atoms. The van der Waals surface area contributed by atoms with Gasteiger partial charge in [0.25, 0.3) is 5.91 Å². The maximum atomic E-state index is 11.9. The first-order chi connectivity index (χ1) is 7.86. The number of amides is 1. The highest BCUT2D eigenvalue weighted by Gasteiger charge is 2.16. The van der Waals surface area contributed by atoms with E-state index in [1.54, 1.807) is 26.0 Å². The number of hydrogen-bond acceptors (Lipinski definition) is 3. The second-order valence-corrected chi connectivity index (χ2v) is 5.60. The van der Waals surface area contributed by atoms with Crippen LogP contribution in [0.3, 0.4) is 0 Å². The molecule has 0 aliphatic heterocycles. The minimum Gasteiger partial charge on any atom is -0.355 e. The zero-order valence-corrected chi connectivity index (χ0v) is 10.8. The average Bonchev–Trinajstić information content (AvgIpc) is 2.26. The van der Waals surface area contributed by atoms with E-state index in [4.69, 9.17) is 0 Å². The van der Waals surface area contributed by atoms with E-state index in [-0.39, 0.29) is 16.8 Å². The molecule has 1 aromatic carbocycles. The lowest BCUT2D eigenvalue weighted by Crippen LogP contribution is -2.30. The van der Waals surface area contributed by atoms with Gasteiger partial charge in [0.05, 0.1) is 4.90 Å². The van der Waals surface area contributed by atoms with Gasteiger partial charge in [0.2, 0.25) is 10.0 Å². The standard InChI is InChI=1S/C11H16N2O3S/c1-8(2)13-17(15,16)10-6-4-5-9(7-10)11(14)12-3/h4-8,13H,1-3H3,(H,12,14). The molecule has 5 nitrogen and oxygen atoms in total. The third-order valence-corrected chi connectivity index (χ3v) is 3.68. The van der Waals surface area contributed by atoms with Crippen molar-refractivity contribution >= 4 is 15.9 Å². The van der Waals surface area contributed by atoms with Crippen LogP contribution in [-0.4, -0.2) is 27.4 Å². The summed E-state index contributed by atoms with van der Waals surface area (Å²) in [7, 11) is -2.06. The maximum absolute atomic E-state index is 11.9. The van der Waals surface area contributed by atoms with E-state index >= 15 is 0 Å². The van der Waals surface area contributed by atoms with Crippen LogP contribution in [0.15, 0.2) is 29.2 Å². The summed E-state index contributed by atoms with van der Waals surface area (Å²) in [5.74, 6) is -0.313. The number of rotatable bonds is 4. The zero-order chi connectivity index (χ0) is 13.1. The van der Waals surface area contributed by atoms with Crippen molar-refractivity contribution in [3.63, 3.8) is 0 Å². The molecule has 2 N–H and O–H groups in total. The Bertz CT molecular complexity index is 509. The van der Waals surface area contributed by atoms with Gasteiger partial charge in [0.15, 0.2) is 0 Å². The van der Waals surface area contributed by atoms with Crippen molar-refractivity contribution in [2.75, 3.05) is 7.05 Å². The molecular weight excluding hydrogens is 240 g/mol. The van der Waals surface area contributed by atoms with Crippen LogP contribution in [0, 0.1) is 0 Å². The maximum Gasteiger partial charge on any atom is 0.251 e. The molecule has 0 atom stereocenters. The predicted molar refractivity (Wildman–Crippen MR) is 65.3 cm³/mol. The molecule has 0 aliphatic carbocycles. The fourth-order valence-corrected chi connectivity index (χ4v) is 2.62. The summed E-state index contributed by atoms with van der Waals surface area (Å²) in [5.41, 5.74) is 0.319. The van der Waals surface area contributed by atoms with Crippen LogP contribution in [0.25, 0.3) is 0 Å². The van der Waals surface area contributed by atoms with E-state index < -0.39 is 10.0 Å². The second kappa shape index (κ2) is 5.29. The van der Waals surface area contributed by atoms with Crippen LogP contribution in [0.2, 0.25) is 0 Å². The molecule has 0 unspecified atom stereocenters. The predicted octanol–water partition coefficient (Wildman–Crippen LogP) is 0.733. The molecule has 1 rings (SSSR count). The Morgan fingerprint density at radius 3 is 2.47 bits per heavy atom. The SMILES string of the molecule is CNC(=O)c1cccc(S(=O)(=O)NC(C)C)c1. The third kappa shape index (κ3) is 3.54. The van der Waals surface area contributed by atoms with Crippen molar-refractivity contribution < 1.29 is 13.2 Å². The van der Waals surface area contributed by atoms with Crippen LogP contribution in [0.5, 0.6) is 0 Å². The van der Waals surface area contributed by atoms with Gasteiger partial charge in [-0.3, -0.25) is 4.79 Å². The van der Waals surface area contributed by atoms with Crippen LogP contribution in [0.1, 0.15) is 24.2 Å². The molecule has 1 amide bonds. The van der Waals surface area contributed by atoms with Gasteiger partial charge in [0, 0.05) is 18.7 Å². The van der Waals surface area contributed by atoms with Crippen LogP contribution < -0.4 is 10.0 Å². The molecule has 0 radical (unpaired) electrons. The molecule has 0 heterocycles. The van der Waals surface area contributed by atoms with Crippen LogP contribution >= 0.6 is 0 Å². The lowest BCUT2D eigenvalue weighted by Gasteiger charge is -2.10. The smallest absolute Gasteiger partial charge is 0.251 e. The van der Waals surface area contributed by atoms with Crippen molar-refractivity contribution in [1.82, 2.24) is 10.0 Å². The molecule has 0 aromatic heterocycles. The minimum absolute atomic E-state index is 0.0901. The van der Waals surface area contributed by atoms with E-state index in [9.17, 15) is 13.2 Å². The minimum atomic E-state index is -3.55. The van der Waals surface area contributed by atoms with Gasteiger partial charge in [-0.1, -0.05) is 6.07 Å². The molecule has 0 saturated heterocycles. The first-order valence-corrected chi connectivity index (χ1v) is 6.69. The normalized spacial score (nSPS) is 11.5. The fourth-order valence-electron chi connectivity index (χ4n) is 1.33. The average molecular weight is 256 g/mol. The summed E-state index contributed by atoms with van der Waals surface area (Å²) >= 11 is 0. The number of sulfonamides is 1. The van der Waals surface area contributed by atoms with E-state index in [1.807, 2.05) is 0 Å². The number of carbonyl (C=O) groups excluding carboxylic acids is 1. The molecule has 1 aromatic rings. The van der Waals surface area contributed by atoms with Crippen molar-refractivity contribution in [1.29, 1.82) is 0 Å². The summed E-state index contributed by atoms with van der Waals surface area (Å²) in [6.45, 7) is 3.47. The topological polar surface area (TPSA) is 75.3 Å². The van der Waals surface area contributed by atoms with Crippen molar-refractivity contribution in [3.05, 3.63) is 29.8 Å². The van der Waals surface area contributed by atoms with Crippen LogP contribution in [0.4, 0.5) is 0 Å². The molecule has 0 aliphatic rings. The van der Waals surface area contributed by atoms with Gasteiger partial charge < -0.3 is 5.32 Å². The largest absolute Gasteiger partial charge is 0.355 e. The first kappa shape index (κ1) is 13.7. The number of nitrogens with one attached hydrogen (secondary N) is 2. The third-order valence-electron chi connectivity index (χ3n) is 2.02. The molecule has 0 bridgehead atoms. The van der Waals surface area contributed by atoms with E-state index in [0.29, 0.717) is 5.56 Å². The molecule has 0 saturated carbocycles. The van der Waals surface area contributed by atoms with Gasteiger partial charge in [0.1, 0.15) is 0 Å². The summed E-state index contributed by atoms with van der Waals surface area (Å²) in [6.07, 6.45) is 0. The summed E-state index contributed by atoms with van der Waals surface area (Å²) in [5, 5.41) is 2.45. The lowest BCUT2D eigenvalue weighted by atomic mass is 10.2. The van der Waals surface area contributed by atoms with Crippen LogP contribution in [-0.2, 0) is 10.0 Å². The summed E-state index contributed by atoms with van der Waals surface area (Å²) < 4.78 is 26.2. The van der Waals surface area contributed by atoms with Crippen molar-refractivity contribution in [2.45, 2.75) is 24.8 Å². The number of benzene rings is 1. The van der Waals surface area contributed by atoms with Gasteiger partial charge in [-0.25, -0.2) is 13.1 Å². The Balaban J connectivity index is 3.12.